The van der Waals surface area contributed by atoms with Crippen LogP contribution < -0.4 is 5.32 Å². The number of likely N-dealkylation sites (tertiary alicyclic amines) is 2. The molecule has 3 nitrogen and oxygen atoms in total. The van der Waals surface area contributed by atoms with E-state index in [1.54, 1.807) is 0 Å². The standard InChI is InChI=1S/C17H35N3/c1-5-10-18-17-9-12-20(15(3)14(17)2)13-16-8-6-7-11-19(16)4/h14-18H,5-13H2,1-4H3. The molecule has 4 atom stereocenters. The van der Waals surface area contributed by atoms with E-state index in [2.05, 4.69) is 42.9 Å². The first kappa shape index (κ1) is 16.3. The largest absolute Gasteiger partial charge is 0.314 e. The van der Waals surface area contributed by atoms with Crippen LogP contribution in [0.5, 0.6) is 0 Å². The van der Waals surface area contributed by atoms with Crippen molar-refractivity contribution in [3.05, 3.63) is 0 Å². The van der Waals surface area contributed by atoms with Crippen molar-refractivity contribution in [1.29, 1.82) is 0 Å². The van der Waals surface area contributed by atoms with E-state index in [0.29, 0.717) is 6.04 Å². The van der Waals surface area contributed by atoms with Crippen molar-refractivity contribution in [1.82, 2.24) is 15.1 Å². The van der Waals surface area contributed by atoms with Gasteiger partial charge in [-0.1, -0.05) is 20.3 Å². The molecule has 3 heteroatoms. The number of nitrogens with zero attached hydrogens (tertiary/aromatic N) is 2. The molecule has 2 saturated heterocycles. The van der Waals surface area contributed by atoms with Crippen molar-refractivity contribution < 1.29 is 0 Å². The van der Waals surface area contributed by atoms with Crippen molar-refractivity contribution in [2.45, 2.75) is 71.0 Å². The normalized spacial score (nSPS) is 37.2. The average Bonchev–Trinajstić information content (AvgIpc) is 2.45. The van der Waals surface area contributed by atoms with Gasteiger partial charge in [0.25, 0.3) is 0 Å². The van der Waals surface area contributed by atoms with E-state index in [0.717, 1.165) is 18.0 Å². The smallest absolute Gasteiger partial charge is 0.0220 e. The molecule has 0 amide bonds. The quantitative estimate of drug-likeness (QED) is 0.835. The van der Waals surface area contributed by atoms with Crippen molar-refractivity contribution in [2.75, 3.05) is 33.2 Å². The molecule has 1 N–H and O–H groups in total. The van der Waals surface area contributed by atoms with Crippen LogP contribution in [0.4, 0.5) is 0 Å². The van der Waals surface area contributed by atoms with E-state index in [9.17, 15) is 0 Å². The lowest BCUT2D eigenvalue weighted by Crippen LogP contribution is -2.56. The van der Waals surface area contributed by atoms with Crippen molar-refractivity contribution in [2.24, 2.45) is 5.92 Å². The van der Waals surface area contributed by atoms with Crippen LogP contribution in [0.1, 0.15) is 52.9 Å². The summed E-state index contributed by atoms with van der Waals surface area (Å²) in [6.45, 7) is 12.2. The summed E-state index contributed by atoms with van der Waals surface area (Å²) in [5.74, 6) is 0.768. The fourth-order valence-electron chi connectivity index (χ4n) is 3.96. The number of hydrogen-bond acceptors (Lipinski definition) is 3. The molecule has 0 spiro atoms. The first-order valence-electron chi connectivity index (χ1n) is 8.81. The molecule has 2 aliphatic rings. The fraction of sp³-hybridized carbons (Fsp3) is 1.00. The zero-order valence-corrected chi connectivity index (χ0v) is 14.1. The highest BCUT2D eigenvalue weighted by atomic mass is 15.2. The van der Waals surface area contributed by atoms with Gasteiger partial charge >= 0.3 is 0 Å². The van der Waals surface area contributed by atoms with Gasteiger partial charge in [0.2, 0.25) is 0 Å². The molecule has 2 rings (SSSR count). The second-order valence-corrected chi connectivity index (χ2v) is 7.07. The number of piperidine rings is 2. The van der Waals surface area contributed by atoms with Crippen LogP contribution in [-0.4, -0.2) is 61.2 Å². The van der Waals surface area contributed by atoms with Gasteiger partial charge in [0.1, 0.15) is 0 Å². The highest BCUT2D eigenvalue weighted by molar-refractivity contribution is 4.90. The van der Waals surface area contributed by atoms with Gasteiger partial charge in [-0.2, -0.15) is 0 Å². The molecule has 2 heterocycles. The summed E-state index contributed by atoms with van der Waals surface area (Å²) in [4.78, 5) is 5.34. The van der Waals surface area contributed by atoms with Gasteiger partial charge in [0, 0.05) is 24.7 Å². The van der Waals surface area contributed by atoms with Gasteiger partial charge in [0.05, 0.1) is 0 Å². The Balaban J connectivity index is 1.84. The predicted molar refractivity (Wildman–Crippen MR) is 87.2 cm³/mol. The highest BCUT2D eigenvalue weighted by Gasteiger charge is 2.33. The summed E-state index contributed by atoms with van der Waals surface area (Å²) >= 11 is 0. The van der Waals surface area contributed by atoms with Crippen molar-refractivity contribution in [3.8, 4) is 0 Å². The highest BCUT2D eigenvalue weighted by Crippen LogP contribution is 2.26. The fourth-order valence-corrected chi connectivity index (χ4v) is 3.96. The Bertz CT molecular complexity index is 281. The van der Waals surface area contributed by atoms with Crippen molar-refractivity contribution in [3.63, 3.8) is 0 Å². The summed E-state index contributed by atoms with van der Waals surface area (Å²) in [5.41, 5.74) is 0. The Hall–Kier alpha value is -0.120. The minimum atomic E-state index is 0.716. The van der Waals surface area contributed by atoms with Crippen LogP contribution in [0, 0.1) is 5.92 Å². The molecule has 4 unspecified atom stereocenters. The van der Waals surface area contributed by atoms with Gasteiger partial charge in [-0.15, -0.1) is 0 Å². The molecule has 0 bridgehead atoms. The molecule has 20 heavy (non-hydrogen) atoms. The molecule has 2 fully saturated rings. The van der Waals surface area contributed by atoms with Crippen LogP contribution in [-0.2, 0) is 0 Å². The lowest BCUT2D eigenvalue weighted by molar-refractivity contribution is 0.0474. The van der Waals surface area contributed by atoms with Crippen LogP contribution >= 0.6 is 0 Å². The Labute approximate surface area is 126 Å². The summed E-state index contributed by atoms with van der Waals surface area (Å²) in [7, 11) is 2.31. The molecular weight excluding hydrogens is 246 g/mol. The van der Waals surface area contributed by atoms with Crippen molar-refractivity contribution >= 4 is 0 Å². The minimum absolute atomic E-state index is 0.716. The Morgan fingerprint density at radius 2 is 1.90 bits per heavy atom. The maximum absolute atomic E-state index is 3.75. The maximum atomic E-state index is 3.75. The summed E-state index contributed by atoms with van der Waals surface area (Å²) in [5, 5.41) is 3.75. The van der Waals surface area contributed by atoms with E-state index in [1.807, 2.05) is 0 Å². The average molecular weight is 281 g/mol. The van der Waals surface area contributed by atoms with Crippen LogP contribution in [0.15, 0.2) is 0 Å². The number of likely N-dealkylation sites (N-methyl/N-ethyl adjacent to an activating group) is 1. The minimum Gasteiger partial charge on any atom is -0.314 e. The summed E-state index contributed by atoms with van der Waals surface area (Å²) in [6, 6.07) is 2.23. The van der Waals surface area contributed by atoms with E-state index < -0.39 is 0 Å². The van der Waals surface area contributed by atoms with Gasteiger partial charge in [-0.05, 0) is 65.2 Å². The van der Waals surface area contributed by atoms with Crippen LogP contribution in [0.3, 0.4) is 0 Å². The van der Waals surface area contributed by atoms with Gasteiger partial charge < -0.3 is 10.2 Å². The second-order valence-electron chi connectivity index (χ2n) is 7.07. The molecule has 118 valence electrons. The maximum Gasteiger partial charge on any atom is 0.0220 e. The third-order valence-corrected chi connectivity index (χ3v) is 5.72. The number of rotatable bonds is 5. The van der Waals surface area contributed by atoms with E-state index in [4.69, 9.17) is 0 Å². The van der Waals surface area contributed by atoms with Gasteiger partial charge in [-0.3, -0.25) is 4.90 Å². The molecular formula is C17H35N3. The summed E-state index contributed by atoms with van der Waals surface area (Å²) in [6.07, 6.45) is 6.77. The van der Waals surface area contributed by atoms with Gasteiger partial charge in [0.15, 0.2) is 0 Å². The van der Waals surface area contributed by atoms with E-state index in [1.165, 1.54) is 58.3 Å². The second kappa shape index (κ2) is 7.77. The number of hydrogen-bond donors (Lipinski definition) is 1. The molecule has 0 aromatic carbocycles. The molecule has 2 aliphatic heterocycles. The Morgan fingerprint density at radius 3 is 2.60 bits per heavy atom. The number of nitrogens with one attached hydrogen (secondary N) is 1. The first-order chi connectivity index (χ1) is 9.63. The van der Waals surface area contributed by atoms with Crippen LogP contribution in [0.25, 0.3) is 0 Å². The lowest BCUT2D eigenvalue weighted by atomic mass is 9.86. The zero-order valence-electron chi connectivity index (χ0n) is 14.1. The van der Waals surface area contributed by atoms with E-state index in [-0.39, 0.29) is 0 Å². The third-order valence-electron chi connectivity index (χ3n) is 5.72. The molecule has 0 aromatic rings. The third kappa shape index (κ3) is 3.96. The summed E-state index contributed by atoms with van der Waals surface area (Å²) < 4.78 is 0. The Morgan fingerprint density at radius 1 is 1.10 bits per heavy atom. The SMILES string of the molecule is CCCNC1CCN(CC2CCCCN2C)C(C)C1C. The van der Waals surface area contributed by atoms with Gasteiger partial charge in [-0.25, -0.2) is 0 Å². The zero-order chi connectivity index (χ0) is 14.5. The lowest BCUT2D eigenvalue weighted by Gasteiger charge is -2.46. The molecule has 0 saturated carbocycles. The Kier molecular flexibility index (Phi) is 6.31. The predicted octanol–water partition coefficient (Wildman–Crippen LogP) is 2.57. The monoisotopic (exact) mass is 281 g/mol. The van der Waals surface area contributed by atoms with E-state index >= 15 is 0 Å². The first-order valence-corrected chi connectivity index (χ1v) is 8.81. The van der Waals surface area contributed by atoms with Crippen LogP contribution in [0.2, 0.25) is 0 Å². The molecule has 0 aromatic heterocycles. The topological polar surface area (TPSA) is 18.5 Å². The molecule has 0 aliphatic carbocycles. The molecule has 0 radical (unpaired) electrons.